The molecule has 0 aromatic carbocycles. The maximum Gasteiger partial charge on any atom is 0.200 e. The van der Waals surface area contributed by atoms with Crippen LogP contribution in [-0.2, 0) is 0 Å². The molecule has 0 N–H and O–H groups in total. The highest BCUT2D eigenvalue weighted by atomic mass is 27.1. The van der Waals surface area contributed by atoms with Crippen LogP contribution in [0.5, 0.6) is 0 Å². The predicted octanol–water partition coefficient (Wildman–Crippen LogP) is 4.89. The number of hydrogen-bond acceptors (Lipinski definition) is 0. The van der Waals surface area contributed by atoms with E-state index in [2.05, 4.69) is 41.5 Å². The first kappa shape index (κ1) is 15.5. The Hall–Kier alpha value is 0.532. The lowest BCUT2D eigenvalue weighted by molar-refractivity contribution is 0.394. The van der Waals surface area contributed by atoms with Gasteiger partial charge in [-0.05, 0) is 11.8 Å². The van der Waals surface area contributed by atoms with E-state index in [4.69, 9.17) is 0 Å². The van der Waals surface area contributed by atoms with Crippen molar-refractivity contribution in [3.63, 3.8) is 0 Å². The molecule has 1 heteroatoms. The molecule has 89 valence electrons. The van der Waals surface area contributed by atoms with E-state index in [9.17, 15) is 0 Å². The van der Waals surface area contributed by atoms with Crippen molar-refractivity contribution in [3.05, 3.63) is 0 Å². The quantitative estimate of drug-likeness (QED) is 0.516. The van der Waals surface area contributed by atoms with Crippen molar-refractivity contribution in [2.24, 2.45) is 23.7 Å². The molecule has 1 radical (unpaired) electrons. The van der Waals surface area contributed by atoms with Crippen LogP contribution in [0.2, 0.25) is 10.6 Å². The van der Waals surface area contributed by atoms with E-state index >= 15 is 0 Å². The van der Waals surface area contributed by atoms with Gasteiger partial charge in [-0.15, -0.1) is 10.6 Å². The average molecular weight is 225 g/mol. The first-order valence-electron chi connectivity index (χ1n) is 6.84. The lowest BCUT2D eigenvalue weighted by Crippen LogP contribution is -2.13. The topological polar surface area (TPSA) is 0 Å². The van der Waals surface area contributed by atoms with E-state index in [1.54, 1.807) is 0 Å². The molecular formula is C14H30Al. The third-order valence-electron chi connectivity index (χ3n) is 4.31. The van der Waals surface area contributed by atoms with Gasteiger partial charge in [0.05, 0.1) is 0 Å². The van der Waals surface area contributed by atoms with Gasteiger partial charge in [-0.2, -0.15) is 0 Å². The van der Waals surface area contributed by atoms with Crippen LogP contribution in [0.4, 0.5) is 0 Å². The zero-order valence-electron chi connectivity index (χ0n) is 11.7. The van der Waals surface area contributed by atoms with Gasteiger partial charge in [0.25, 0.3) is 0 Å². The molecule has 4 unspecified atom stereocenters. The Labute approximate surface area is 104 Å². The lowest BCUT2D eigenvalue weighted by Gasteiger charge is -2.21. The van der Waals surface area contributed by atoms with Crippen molar-refractivity contribution in [1.29, 1.82) is 0 Å². The standard InChI is InChI=1S/2C7H15.Al/c2*1-5-7(4)6(2)3;/h2*6-7H,2,5H2,1,3-4H3;. The van der Waals surface area contributed by atoms with E-state index in [-0.39, 0.29) is 0 Å². The molecule has 0 aliphatic carbocycles. The molecule has 0 saturated heterocycles. The second-order valence-electron chi connectivity index (χ2n) is 5.49. The van der Waals surface area contributed by atoms with Crippen molar-refractivity contribution in [3.8, 4) is 0 Å². The van der Waals surface area contributed by atoms with Gasteiger partial charge in [-0.25, -0.2) is 0 Å². The van der Waals surface area contributed by atoms with Crippen molar-refractivity contribution in [1.82, 2.24) is 0 Å². The normalized spacial score (nSPS) is 19.3. The maximum absolute atomic E-state index is 2.44. The maximum atomic E-state index is 2.44. The molecule has 0 fully saturated rings. The third-order valence-corrected chi connectivity index (χ3v) is 6.46. The summed E-state index contributed by atoms with van der Waals surface area (Å²) in [7, 11) is 0. The van der Waals surface area contributed by atoms with Crippen LogP contribution in [0.1, 0.15) is 54.4 Å². The van der Waals surface area contributed by atoms with Gasteiger partial charge in [0.1, 0.15) is 0 Å². The fraction of sp³-hybridized carbons (Fsp3) is 1.00. The summed E-state index contributed by atoms with van der Waals surface area (Å²) >= 11 is 0.698. The van der Waals surface area contributed by atoms with Crippen molar-refractivity contribution in [2.75, 3.05) is 0 Å². The van der Waals surface area contributed by atoms with E-state index in [1.165, 1.54) is 23.4 Å². The minimum atomic E-state index is 0.698. The Morgan fingerprint density at radius 2 is 1.00 bits per heavy atom. The van der Waals surface area contributed by atoms with Gasteiger partial charge >= 0.3 is 0 Å². The summed E-state index contributed by atoms with van der Waals surface area (Å²) in [4.78, 5) is 0. The highest BCUT2D eigenvalue weighted by Gasteiger charge is 2.14. The summed E-state index contributed by atoms with van der Waals surface area (Å²) < 4.78 is 0. The zero-order valence-corrected chi connectivity index (χ0v) is 12.9. The molecule has 0 aromatic rings. The molecule has 0 nitrogen and oxygen atoms in total. The average Bonchev–Trinajstić information content (AvgIpc) is 2.26. The molecular weight excluding hydrogens is 195 g/mol. The predicted molar refractivity (Wildman–Crippen MR) is 72.6 cm³/mol. The molecule has 0 amide bonds. The number of hydrogen-bond donors (Lipinski definition) is 0. The smallest absolute Gasteiger partial charge is 0.101 e. The monoisotopic (exact) mass is 225 g/mol. The molecule has 0 bridgehead atoms. The van der Waals surface area contributed by atoms with E-state index in [1.807, 2.05) is 0 Å². The first-order chi connectivity index (χ1) is 7.02. The highest BCUT2D eigenvalue weighted by Crippen LogP contribution is 2.22. The SMILES string of the molecule is CCC(C)C(C)[CH2][Al][CH2]C(C)C(C)CC. The molecule has 0 rings (SSSR count). The Kier molecular flexibility index (Phi) is 8.97. The molecule has 0 aliphatic rings. The van der Waals surface area contributed by atoms with Crippen LogP contribution < -0.4 is 0 Å². The number of rotatable bonds is 8. The van der Waals surface area contributed by atoms with Crippen LogP contribution in [0.25, 0.3) is 0 Å². The summed E-state index contributed by atoms with van der Waals surface area (Å²) in [6, 6.07) is 0. The first-order valence-corrected chi connectivity index (χ1v) is 8.47. The summed E-state index contributed by atoms with van der Waals surface area (Å²) in [5, 5.41) is 3.02. The Morgan fingerprint density at radius 3 is 1.27 bits per heavy atom. The Bertz CT molecular complexity index is 128. The summed E-state index contributed by atoms with van der Waals surface area (Å²) in [5.41, 5.74) is 0. The van der Waals surface area contributed by atoms with Gasteiger partial charge in [-0.3, -0.25) is 0 Å². The van der Waals surface area contributed by atoms with Gasteiger partial charge in [0, 0.05) is 0 Å². The molecule has 15 heavy (non-hydrogen) atoms. The van der Waals surface area contributed by atoms with Gasteiger partial charge in [0.2, 0.25) is 15.2 Å². The molecule has 0 heterocycles. The van der Waals surface area contributed by atoms with Gasteiger partial charge < -0.3 is 0 Å². The molecule has 0 saturated carbocycles. The van der Waals surface area contributed by atoms with Crippen molar-refractivity contribution < 1.29 is 0 Å². The van der Waals surface area contributed by atoms with Crippen LogP contribution in [-0.4, -0.2) is 15.2 Å². The second-order valence-corrected chi connectivity index (χ2v) is 7.01. The Balaban J connectivity index is 3.60. The van der Waals surface area contributed by atoms with E-state index in [0.29, 0.717) is 15.2 Å². The van der Waals surface area contributed by atoms with Crippen LogP contribution in [0.15, 0.2) is 0 Å². The highest BCUT2D eigenvalue weighted by molar-refractivity contribution is 6.35. The van der Waals surface area contributed by atoms with Gasteiger partial charge in [-0.1, -0.05) is 66.2 Å². The lowest BCUT2D eigenvalue weighted by atomic mass is 9.95. The van der Waals surface area contributed by atoms with E-state index < -0.39 is 0 Å². The third kappa shape index (κ3) is 6.65. The zero-order chi connectivity index (χ0) is 11.8. The molecule has 0 aromatic heterocycles. The van der Waals surface area contributed by atoms with Crippen molar-refractivity contribution in [2.45, 2.75) is 64.9 Å². The summed E-state index contributed by atoms with van der Waals surface area (Å²) in [5.74, 6) is 3.76. The van der Waals surface area contributed by atoms with Gasteiger partial charge in [0.15, 0.2) is 0 Å². The minimum Gasteiger partial charge on any atom is -0.101 e. The van der Waals surface area contributed by atoms with Crippen molar-refractivity contribution >= 4 is 15.2 Å². The fourth-order valence-corrected chi connectivity index (χ4v) is 4.06. The molecule has 0 spiro atoms. The molecule has 4 atom stereocenters. The second kappa shape index (κ2) is 8.66. The van der Waals surface area contributed by atoms with E-state index in [0.717, 1.165) is 23.7 Å². The Morgan fingerprint density at radius 1 is 0.667 bits per heavy atom. The summed E-state index contributed by atoms with van der Waals surface area (Å²) in [6.07, 6.45) is 2.70. The van der Waals surface area contributed by atoms with Crippen LogP contribution >= 0.6 is 0 Å². The van der Waals surface area contributed by atoms with Crippen LogP contribution in [0, 0.1) is 23.7 Å². The van der Waals surface area contributed by atoms with Crippen LogP contribution in [0.3, 0.4) is 0 Å². The largest absolute Gasteiger partial charge is 0.200 e. The minimum absolute atomic E-state index is 0.698. The fourth-order valence-electron chi connectivity index (χ4n) is 1.89. The molecule has 0 aliphatic heterocycles. The summed E-state index contributed by atoms with van der Waals surface area (Å²) in [6.45, 7) is 14.3.